The summed E-state index contributed by atoms with van der Waals surface area (Å²) in [5.41, 5.74) is 5.51. The molecule has 2 aromatic rings. The van der Waals surface area contributed by atoms with Crippen molar-refractivity contribution in [2.24, 2.45) is 0 Å². The molecule has 0 amide bonds. The minimum atomic E-state index is 0.941. The Morgan fingerprint density at radius 1 is 0.545 bits per heavy atom. The Balaban J connectivity index is 1.58. The van der Waals surface area contributed by atoms with Crippen LogP contribution in [0, 0.1) is 0 Å². The van der Waals surface area contributed by atoms with Crippen LogP contribution in [-0.4, -0.2) is 13.1 Å². The van der Waals surface area contributed by atoms with Gasteiger partial charge in [-0.1, -0.05) is 62.4 Å². The summed E-state index contributed by atoms with van der Waals surface area (Å²) in [6.45, 7) is 8.24. The molecule has 0 unspecified atom stereocenters. The molecule has 2 N–H and O–H groups in total. The van der Waals surface area contributed by atoms with Crippen molar-refractivity contribution in [3.63, 3.8) is 0 Å². The van der Waals surface area contributed by atoms with E-state index >= 15 is 0 Å². The van der Waals surface area contributed by atoms with E-state index in [0.29, 0.717) is 0 Å². The van der Waals surface area contributed by atoms with Gasteiger partial charge in [-0.3, -0.25) is 0 Å². The summed E-state index contributed by atoms with van der Waals surface area (Å²) in [7, 11) is 0. The quantitative estimate of drug-likeness (QED) is 0.690. The van der Waals surface area contributed by atoms with Crippen LogP contribution >= 0.6 is 0 Å². The SMILES string of the molecule is CCc1ccc(CNCCNCc2ccc(CC)cc2)cc1. The number of aryl methyl sites for hydroxylation is 2. The van der Waals surface area contributed by atoms with E-state index in [9.17, 15) is 0 Å². The van der Waals surface area contributed by atoms with Gasteiger partial charge in [0.15, 0.2) is 0 Å². The normalized spacial score (nSPS) is 10.8. The van der Waals surface area contributed by atoms with Gasteiger partial charge in [0.05, 0.1) is 0 Å². The monoisotopic (exact) mass is 296 g/mol. The summed E-state index contributed by atoms with van der Waals surface area (Å²) in [6.07, 6.45) is 2.22. The number of hydrogen-bond donors (Lipinski definition) is 2. The highest BCUT2D eigenvalue weighted by Gasteiger charge is 1.95. The first-order chi connectivity index (χ1) is 10.8. The number of hydrogen-bond acceptors (Lipinski definition) is 2. The molecule has 2 rings (SSSR count). The van der Waals surface area contributed by atoms with Gasteiger partial charge >= 0.3 is 0 Å². The molecular formula is C20H28N2. The van der Waals surface area contributed by atoms with Crippen molar-refractivity contribution in [3.05, 3.63) is 70.8 Å². The zero-order valence-corrected chi connectivity index (χ0v) is 13.9. The van der Waals surface area contributed by atoms with Gasteiger partial charge < -0.3 is 10.6 Å². The molecule has 0 aromatic heterocycles. The van der Waals surface area contributed by atoms with Crippen molar-refractivity contribution in [2.75, 3.05) is 13.1 Å². The standard InChI is InChI=1S/C20H28N2/c1-3-17-5-9-19(10-6-17)15-21-13-14-22-16-20-11-7-18(4-2)8-12-20/h5-12,21-22H,3-4,13-16H2,1-2H3. The summed E-state index contributed by atoms with van der Waals surface area (Å²) >= 11 is 0. The lowest BCUT2D eigenvalue weighted by molar-refractivity contribution is 0.611. The van der Waals surface area contributed by atoms with E-state index < -0.39 is 0 Å². The van der Waals surface area contributed by atoms with E-state index in [1.807, 2.05) is 0 Å². The Hall–Kier alpha value is -1.64. The molecule has 2 aromatic carbocycles. The van der Waals surface area contributed by atoms with Crippen LogP contribution in [0.15, 0.2) is 48.5 Å². The van der Waals surface area contributed by atoms with E-state index in [-0.39, 0.29) is 0 Å². The number of rotatable bonds is 9. The Bertz CT molecular complexity index is 477. The predicted octanol–water partition coefficient (Wildman–Crippen LogP) is 3.69. The molecule has 0 heterocycles. The molecule has 22 heavy (non-hydrogen) atoms. The first-order valence-electron chi connectivity index (χ1n) is 8.39. The number of benzene rings is 2. The molecule has 2 nitrogen and oxygen atoms in total. The lowest BCUT2D eigenvalue weighted by Gasteiger charge is -2.08. The lowest BCUT2D eigenvalue weighted by Crippen LogP contribution is -2.26. The second kappa shape index (κ2) is 9.39. The first-order valence-corrected chi connectivity index (χ1v) is 8.39. The van der Waals surface area contributed by atoms with E-state index in [2.05, 4.69) is 73.0 Å². The van der Waals surface area contributed by atoms with Gasteiger partial charge in [0.25, 0.3) is 0 Å². The molecule has 0 atom stereocenters. The van der Waals surface area contributed by atoms with Crippen molar-refractivity contribution in [1.29, 1.82) is 0 Å². The fourth-order valence-corrected chi connectivity index (χ4v) is 2.43. The van der Waals surface area contributed by atoms with Crippen molar-refractivity contribution in [3.8, 4) is 0 Å². The Morgan fingerprint density at radius 3 is 1.18 bits per heavy atom. The summed E-state index contributed by atoms with van der Waals surface area (Å²) in [5, 5.41) is 6.96. The van der Waals surface area contributed by atoms with E-state index in [1.54, 1.807) is 0 Å². The average Bonchev–Trinajstić information content (AvgIpc) is 2.59. The summed E-state index contributed by atoms with van der Waals surface area (Å²) in [6, 6.07) is 17.7. The van der Waals surface area contributed by atoms with E-state index in [1.165, 1.54) is 22.3 Å². The van der Waals surface area contributed by atoms with Crippen LogP contribution in [0.2, 0.25) is 0 Å². The van der Waals surface area contributed by atoms with Gasteiger partial charge in [0.1, 0.15) is 0 Å². The fourth-order valence-electron chi connectivity index (χ4n) is 2.43. The van der Waals surface area contributed by atoms with Crippen LogP contribution < -0.4 is 10.6 Å². The maximum Gasteiger partial charge on any atom is 0.0206 e. The van der Waals surface area contributed by atoms with E-state index in [0.717, 1.165) is 39.0 Å². The van der Waals surface area contributed by atoms with Crippen molar-refractivity contribution in [2.45, 2.75) is 39.8 Å². The van der Waals surface area contributed by atoms with Gasteiger partial charge in [-0.2, -0.15) is 0 Å². The predicted molar refractivity (Wildman–Crippen MR) is 95.1 cm³/mol. The molecule has 0 bridgehead atoms. The molecule has 0 saturated carbocycles. The molecule has 0 saturated heterocycles. The topological polar surface area (TPSA) is 24.1 Å². The third-order valence-corrected chi connectivity index (χ3v) is 4.00. The smallest absolute Gasteiger partial charge is 0.0206 e. The fraction of sp³-hybridized carbons (Fsp3) is 0.400. The third kappa shape index (κ3) is 5.63. The third-order valence-electron chi connectivity index (χ3n) is 4.00. The largest absolute Gasteiger partial charge is 0.311 e. The van der Waals surface area contributed by atoms with E-state index in [4.69, 9.17) is 0 Å². The molecule has 0 fully saturated rings. The highest BCUT2D eigenvalue weighted by atomic mass is 14.9. The zero-order chi connectivity index (χ0) is 15.6. The molecule has 0 aliphatic carbocycles. The molecule has 0 aliphatic rings. The summed E-state index contributed by atoms with van der Waals surface area (Å²) < 4.78 is 0. The molecular weight excluding hydrogens is 268 g/mol. The maximum absolute atomic E-state index is 3.48. The molecule has 0 radical (unpaired) electrons. The van der Waals surface area contributed by atoms with Crippen LogP contribution in [-0.2, 0) is 25.9 Å². The molecule has 0 spiro atoms. The Labute approximate surface area is 135 Å². The Kier molecular flexibility index (Phi) is 7.14. The second-order valence-corrected chi connectivity index (χ2v) is 5.69. The zero-order valence-electron chi connectivity index (χ0n) is 13.9. The van der Waals surface area contributed by atoms with Crippen molar-refractivity contribution < 1.29 is 0 Å². The van der Waals surface area contributed by atoms with Gasteiger partial charge in [-0.15, -0.1) is 0 Å². The van der Waals surface area contributed by atoms with Gasteiger partial charge in [0, 0.05) is 26.2 Å². The number of nitrogens with one attached hydrogen (secondary N) is 2. The lowest BCUT2D eigenvalue weighted by atomic mass is 10.1. The highest BCUT2D eigenvalue weighted by Crippen LogP contribution is 2.05. The summed E-state index contributed by atoms with van der Waals surface area (Å²) in [4.78, 5) is 0. The van der Waals surface area contributed by atoms with Gasteiger partial charge in [-0.25, -0.2) is 0 Å². The van der Waals surface area contributed by atoms with Crippen LogP contribution in [0.25, 0.3) is 0 Å². The molecule has 0 aliphatic heterocycles. The minimum Gasteiger partial charge on any atom is -0.311 e. The minimum absolute atomic E-state index is 0.941. The average molecular weight is 296 g/mol. The van der Waals surface area contributed by atoms with Gasteiger partial charge in [-0.05, 0) is 35.1 Å². The molecule has 118 valence electrons. The first kappa shape index (κ1) is 16.7. The maximum atomic E-state index is 3.48. The Morgan fingerprint density at radius 2 is 0.864 bits per heavy atom. The highest BCUT2D eigenvalue weighted by molar-refractivity contribution is 5.23. The van der Waals surface area contributed by atoms with Gasteiger partial charge in [0.2, 0.25) is 0 Å². The van der Waals surface area contributed by atoms with Crippen LogP contribution in [0.1, 0.15) is 36.1 Å². The van der Waals surface area contributed by atoms with Crippen molar-refractivity contribution in [1.82, 2.24) is 10.6 Å². The van der Waals surface area contributed by atoms with Crippen LogP contribution in [0.5, 0.6) is 0 Å². The summed E-state index contributed by atoms with van der Waals surface area (Å²) in [5.74, 6) is 0. The van der Waals surface area contributed by atoms with Crippen LogP contribution in [0.4, 0.5) is 0 Å². The second-order valence-electron chi connectivity index (χ2n) is 5.69. The molecule has 2 heteroatoms. The van der Waals surface area contributed by atoms with Crippen molar-refractivity contribution >= 4 is 0 Å². The van der Waals surface area contributed by atoms with Crippen LogP contribution in [0.3, 0.4) is 0 Å².